The lowest BCUT2D eigenvalue weighted by atomic mass is 9.96. The van der Waals surface area contributed by atoms with E-state index in [1.807, 2.05) is 24.5 Å². The number of piperidine rings is 1. The first-order valence-electron chi connectivity index (χ1n) is 7.38. The second-order valence-corrected chi connectivity index (χ2v) is 5.44. The molecule has 6 nitrogen and oxygen atoms in total. The van der Waals surface area contributed by atoms with Gasteiger partial charge in [-0.3, -0.25) is 9.78 Å². The molecule has 3 N–H and O–H groups in total. The lowest BCUT2D eigenvalue weighted by Crippen LogP contribution is -2.46. The number of pyridine rings is 1. The molecule has 22 heavy (non-hydrogen) atoms. The SMILES string of the molecule is COCC(N)C(=O)NCC1CCN(c2ccncc2)CC1.Cl. The van der Waals surface area contributed by atoms with Crippen molar-refractivity contribution in [3.05, 3.63) is 24.5 Å². The molecular formula is C15H25ClN4O2. The van der Waals surface area contributed by atoms with Crippen molar-refractivity contribution in [2.75, 3.05) is 38.3 Å². The monoisotopic (exact) mass is 328 g/mol. The molecule has 0 spiro atoms. The minimum atomic E-state index is -0.577. The van der Waals surface area contributed by atoms with Gasteiger partial charge in [-0.25, -0.2) is 0 Å². The molecule has 1 atom stereocenters. The minimum absolute atomic E-state index is 0. The normalized spacial score (nSPS) is 16.7. The average Bonchev–Trinajstić information content (AvgIpc) is 2.54. The van der Waals surface area contributed by atoms with Crippen LogP contribution in [0.2, 0.25) is 0 Å². The summed E-state index contributed by atoms with van der Waals surface area (Å²) in [5.41, 5.74) is 6.91. The molecule has 0 aromatic carbocycles. The summed E-state index contributed by atoms with van der Waals surface area (Å²) < 4.78 is 4.88. The number of carbonyl (C=O) groups excluding carboxylic acids is 1. The van der Waals surface area contributed by atoms with E-state index in [0.717, 1.165) is 25.9 Å². The lowest BCUT2D eigenvalue weighted by Gasteiger charge is -2.33. The zero-order valence-electron chi connectivity index (χ0n) is 12.9. The second kappa shape index (κ2) is 9.61. The zero-order valence-corrected chi connectivity index (χ0v) is 13.7. The number of carbonyl (C=O) groups is 1. The summed E-state index contributed by atoms with van der Waals surface area (Å²) in [7, 11) is 1.54. The van der Waals surface area contributed by atoms with Crippen molar-refractivity contribution >= 4 is 24.0 Å². The molecule has 1 fully saturated rings. The molecule has 2 heterocycles. The van der Waals surface area contributed by atoms with Gasteiger partial charge >= 0.3 is 0 Å². The third kappa shape index (κ3) is 5.44. The molecule has 0 saturated carbocycles. The highest BCUT2D eigenvalue weighted by molar-refractivity contribution is 5.85. The third-order valence-electron chi connectivity index (χ3n) is 3.89. The fourth-order valence-electron chi connectivity index (χ4n) is 2.58. The number of aromatic nitrogens is 1. The van der Waals surface area contributed by atoms with Gasteiger partial charge in [0.15, 0.2) is 0 Å². The molecule has 1 aromatic heterocycles. The number of methoxy groups -OCH3 is 1. The van der Waals surface area contributed by atoms with E-state index in [4.69, 9.17) is 10.5 Å². The molecule has 2 rings (SSSR count). The van der Waals surface area contributed by atoms with E-state index in [1.54, 1.807) is 7.11 Å². The van der Waals surface area contributed by atoms with Crippen molar-refractivity contribution in [1.82, 2.24) is 10.3 Å². The van der Waals surface area contributed by atoms with Crippen molar-refractivity contribution in [2.24, 2.45) is 11.7 Å². The topological polar surface area (TPSA) is 80.5 Å². The van der Waals surface area contributed by atoms with Crippen molar-refractivity contribution in [3.63, 3.8) is 0 Å². The Morgan fingerprint density at radius 1 is 1.45 bits per heavy atom. The Morgan fingerprint density at radius 2 is 2.09 bits per heavy atom. The van der Waals surface area contributed by atoms with Gasteiger partial charge in [0.05, 0.1) is 6.61 Å². The first-order valence-corrected chi connectivity index (χ1v) is 7.38. The summed E-state index contributed by atoms with van der Waals surface area (Å²) in [5, 5.41) is 2.92. The van der Waals surface area contributed by atoms with Crippen LogP contribution in [0.15, 0.2) is 24.5 Å². The molecule has 0 radical (unpaired) electrons. The number of halogens is 1. The van der Waals surface area contributed by atoms with Crippen molar-refractivity contribution < 1.29 is 9.53 Å². The van der Waals surface area contributed by atoms with Gasteiger partial charge in [-0.2, -0.15) is 0 Å². The van der Waals surface area contributed by atoms with Crippen LogP contribution in [0.5, 0.6) is 0 Å². The van der Waals surface area contributed by atoms with Gasteiger partial charge in [-0.15, -0.1) is 12.4 Å². The van der Waals surface area contributed by atoms with E-state index in [2.05, 4.69) is 15.2 Å². The number of nitrogens with two attached hydrogens (primary N) is 1. The molecule has 7 heteroatoms. The molecule has 1 aliphatic heterocycles. The predicted octanol–water partition coefficient (Wildman–Crippen LogP) is 0.810. The number of nitrogens with zero attached hydrogens (tertiary/aromatic N) is 2. The maximum Gasteiger partial charge on any atom is 0.239 e. The molecule has 1 amide bonds. The Bertz CT molecular complexity index is 438. The predicted molar refractivity (Wildman–Crippen MR) is 89.3 cm³/mol. The van der Waals surface area contributed by atoms with Crippen LogP contribution >= 0.6 is 12.4 Å². The van der Waals surface area contributed by atoms with Crippen LogP contribution in [-0.4, -0.2) is 50.3 Å². The van der Waals surface area contributed by atoms with Gasteiger partial charge in [-0.05, 0) is 30.9 Å². The minimum Gasteiger partial charge on any atom is -0.383 e. The van der Waals surface area contributed by atoms with Crippen LogP contribution < -0.4 is 16.0 Å². The number of hydrogen-bond acceptors (Lipinski definition) is 5. The molecule has 0 bridgehead atoms. The van der Waals surface area contributed by atoms with E-state index in [9.17, 15) is 4.79 Å². The Hall–Kier alpha value is -1.37. The van der Waals surface area contributed by atoms with Crippen LogP contribution in [0.4, 0.5) is 5.69 Å². The average molecular weight is 329 g/mol. The first-order chi connectivity index (χ1) is 10.2. The van der Waals surface area contributed by atoms with Gasteiger partial charge in [0.25, 0.3) is 0 Å². The highest BCUT2D eigenvalue weighted by Crippen LogP contribution is 2.22. The van der Waals surface area contributed by atoms with Crippen molar-refractivity contribution in [1.29, 1.82) is 0 Å². The summed E-state index contributed by atoms with van der Waals surface area (Å²) in [5.74, 6) is 0.384. The number of anilines is 1. The molecular weight excluding hydrogens is 304 g/mol. The smallest absolute Gasteiger partial charge is 0.239 e. The number of amides is 1. The van der Waals surface area contributed by atoms with Crippen LogP contribution in [-0.2, 0) is 9.53 Å². The van der Waals surface area contributed by atoms with Crippen molar-refractivity contribution in [3.8, 4) is 0 Å². The van der Waals surface area contributed by atoms with E-state index >= 15 is 0 Å². The molecule has 124 valence electrons. The highest BCUT2D eigenvalue weighted by Gasteiger charge is 2.21. The Balaban J connectivity index is 0.00000242. The number of nitrogens with one attached hydrogen (secondary N) is 1. The molecule has 1 saturated heterocycles. The Morgan fingerprint density at radius 3 is 2.68 bits per heavy atom. The van der Waals surface area contributed by atoms with Gasteiger partial charge in [0.2, 0.25) is 5.91 Å². The lowest BCUT2D eigenvalue weighted by molar-refractivity contribution is -0.123. The molecule has 1 unspecified atom stereocenters. The number of hydrogen-bond donors (Lipinski definition) is 2. The summed E-state index contributed by atoms with van der Waals surface area (Å²) in [6.07, 6.45) is 5.78. The van der Waals surface area contributed by atoms with Gasteiger partial charge in [0.1, 0.15) is 6.04 Å². The van der Waals surface area contributed by atoms with E-state index < -0.39 is 6.04 Å². The van der Waals surface area contributed by atoms with E-state index in [-0.39, 0.29) is 24.9 Å². The Labute approximate surface area is 137 Å². The third-order valence-corrected chi connectivity index (χ3v) is 3.89. The van der Waals surface area contributed by atoms with Gasteiger partial charge < -0.3 is 20.7 Å². The molecule has 0 aliphatic carbocycles. The standard InChI is InChI=1S/C15H24N4O2.ClH/c1-21-11-14(16)15(20)18-10-12-4-8-19(9-5-12)13-2-6-17-7-3-13;/h2-3,6-7,12,14H,4-5,8-11,16H2,1H3,(H,18,20);1H. The largest absolute Gasteiger partial charge is 0.383 e. The molecule has 1 aromatic rings. The number of rotatable bonds is 6. The van der Waals surface area contributed by atoms with Crippen LogP contribution in [0.3, 0.4) is 0 Å². The maximum atomic E-state index is 11.7. The quantitative estimate of drug-likeness (QED) is 0.807. The fourth-order valence-corrected chi connectivity index (χ4v) is 2.58. The van der Waals surface area contributed by atoms with Gasteiger partial charge in [-0.1, -0.05) is 0 Å². The highest BCUT2D eigenvalue weighted by atomic mass is 35.5. The van der Waals surface area contributed by atoms with Crippen molar-refractivity contribution in [2.45, 2.75) is 18.9 Å². The van der Waals surface area contributed by atoms with Crippen LogP contribution in [0, 0.1) is 5.92 Å². The first kappa shape index (κ1) is 18.7. The zero-order chi connectivity index (χ0) is 15.1. The summed E-state index contributed by atoms with van der Waals surface area (Å²) in [4.78, 5) is 18.1. The van der Waals surface area contributed by atoms with E-state index in [0.29, 0.717) is 12.5 Å². The van der Waals surface area contributed by atoms with Crippen LogP contribution in [0.1, 0.15) is 12.8 Å². The van der Waals surface area contributed by atoms with E-state index in [1.165, 1.54) is 5.69 Å². The number of ether oxygens (including phenoxy) is 1. The molecule has 1 aliphatic rings. The maximum absolute atomic E-state index is 11.7. The fraction of sp³-hybridized carbons (Fsp3) is 0.600. The summed E-state index contributed by atoms with van der Waals surface area (Å²) >= 11 is 0. The second-order valence-electron chi connectivity index (χ2n) is 5.44. The Kier molecular flexibility index (Phi) is 8.16. The summed E-state index contributed by atoms with van der Waals surface area (Å²) in [6, 6.07) is 3.49. The summed E-state index contributed by atoms with van der Waals surface area (Å²) in [6.45, 7) is 2.97. The van der Waals surface area contributed by atoms with Gasteiger partial charge in [0, 0.05) is 44.8 Å². The van der Waals surface area contributed by atoms with Crippen LogP contribution in [0.25, 0.3) is 0 Å².